The fraction of sp³-hybridized carbons (Fsp3) is 0.471. The molecule has 0 radical (unpaired) electrons. The minimum absolute atomic E-state index is 0.165. The monoisotopic (exact) mass is 462 g/mol. The molecule has 0 unspecified atom stereocenters. The fourth-order valence-electron chi connectivity index (χ4n) is 2.39. The summed E-state index contributed by atoms with van der Waals surface area (Å²) in [5, 5.41) is 12.0. The standard InChI is InChI=1S/C17H23ClN4O3S3/c1-11(2)26-17-21-20-16(27-17)19-15(23)6-5-9-22(28(4,24)25)14-10-13(18)8-7-12(14)3/h7-8,10-11H,5-6,9H2,1-4H3,(H,19,20,23). The van der Waals surface area contributed by atoms with Crippen molar-refractivity contribution in [3.63, 3.8) is 0 Å². The Morgan fingerprint density at radius 3 is 2.71 bits per heavy atom. The van der Waals surface area contributed by atoms with E-state index in [0.717, 1.165) is 16.2 Å². The Morgan fingerprint density at radius 2 is 2.07 bits per heavy atom. The molecule has 1 heterocycles. The van der Waals surface area contributed by atoms with Crippen LogP contribution in [0.5, 0.6) is 0 Å². The number of hydrogen-bond donors (Lipinski definition) is 1. The maximum atomic E-state index is 12.2. The molecular weight excluding hydrogens is 440 g/mol. The largest absolute Gasteiger partial charge is 0.301 e. The van der Waals surface area contributed by atoms with Gasteiger partial charge in [-0.15, -0.1) is 10.2 Å². The molecular formula is C17H23ClN4O3S3. The SMILES string of the molecule is Cc1ccc(Cl)cc1N(CCCC(=O)Nc1nnc(SC(C)C)s1)S(C)(=O)=O. The fourth-order valence-corrected chi connectivity index (χ4v) is 5.56. The molecule has 1 N–H and O–H groups in total. The van der Waals surface area contributed by atoms with Gasteiger partial charge >= 0.3 is 0 Å². The molecule has 0 fully saturated rings. The minimum atomic E-state index is -3.50. The summed E-state index contributed by atoms with van der Waals surface area (Å²) < 4.78 is 26.5. The molecule has 11 heteroatoms. The van der Waals surface area contributed by atoms with E-state index in [1.54, 1.807) is 30.0 Å². The van der Waals surface area contributed by atoms with E-state index in [-0.39, 0.29) is 18.9 Å². The third kappa shape index (κ3) is 6.91. The molecule has 0 saturated carbocycles. The summed E-state index contributed by atoms with van der Waals surface area (Å²) in [6, 6.07) is 5.10. The van der Waals surface area contributed by atoms with Gasteiger partial charge in [-0.3, -0.25) is 9.10 Å². The van der Waals surface area contributed by atoms with Gasteiger partial charge in [-0.05, 0) is 31.0 Å². The van der Waals surface area contributed by atoms with Crippen molar-refractivity contribution in [3.05, 3.63) is 28.8 Å². The number of halogens is 1. The van der Waals surface area contributed by atoms with Crippen LogP contribution in [0.3, 0.4) is 0 Å². The zero-order valence-corrected chi connectivity index (χ0v) is 19.3. The highest BCUT2D eigenvalue weighted by Crippen LogP contribution is 2.29. The first-order valence-corrected chi connectivity index (χ1v) is 12.5. The van der Waals surface area contributed by atoms with Gasteiger partial charge in [-0.25, -0.2) is 8.42 Å². The lowest BCUT2D eigenvalue weighted by molar-refractivity contribution is -0.116. The van der Waals surface area contributed by atoms with E-state index < -0.39 is 10.0 Å². The maximum absolute atomic E-state index is 12.2. The number of hydrogen-bond acceptors (Lipinski definition) is 7. The van der Waals surface area contributed by atoms with Crippen molar-refractivity contribution in [1.82, 2.24) is 10.2 Å². The summed E-state index contributed by atoms with van der Waals surface area (Å²) in [5.74, 6) is -0.228. The van der Waals surface area contributed by atoms with Crippen molar-refractivity contribution in [2.75, 3.05) is 22.4 Å². The van der Waals surface area contributed by atoms with Crippen LogP contribution in [0, 0.1) is 6.92 Å². The topological polar surface area (TPSA) is 92.3 Å². The first-order chi connectivity index (χ1) is 13.1. The second-order valence-electron chi connectivity index (χ2n) is 6.46. The molecule has 0 atom stereocenters. The van der Waals surface area contributed by atoms with Gasteiger partial charge in [0.2, 0.25) is 21.1 Å². The summed E-state index contributed by atoms with van der Waals surface area (Å²) in [4.78, 5) is 12.2. The number of anilines is 2. The molecule has 0 bridgehead atoms. The van der Waals surface area contributed by atoms with E-state index >= 15 is 0 Å². The van der Waals surface area contributed by atoms with Gasteiger partial charge in [0.1, 0.15) is 0 Å². The molecule has 0 aliphatic heterocycles. The van der Waals surface area contributed by atoms with Gasteiger partial charge in [-0.2, -0.15) is 0 Å². The van der Waals surface area contributed by atoms with Gasteiger partial charge in [0, 0.05) is 23.2 Å². The van der Waals surface area contributed by atoms with Crippen molar-refractivity contribution in [2.45, 2.75) is 43.2 Å². The van der Waals surface area contributed by atoms with E-state index in [1.807, 2.05) is 6.92 Å². The lowest BCUT2D eigenvalue weighted by atomic mass is 10.2. The number of nitrogens with zero attached hydrogens (tertiary/aromatic N) is 3. The van der Waals surface area contributed by atoms with Crippen LogP contribution in [0.4, 0.5) is 10.8 Å². The van der Waals surface area contributed by atoms with Gasteiger partial charge < -0.3 is 5.32 Å². The van der Waals surface area contributed by atoms with Crippen LogP contribution in [-0.4, -0.2) is 42.6 Å². The Labute approximate surface area is 178 Å². The van der Waals surface area contributed by atoms with Crippen molar-refractivity contribution in [2.24, 2.45) is 0 Å². The van der Waals surface area contributed by atoms with Gasteiger partial charge in [0.15, 0.2) is 4.34 Å². The number of sulfonamides is 1. The van der Waals surface area contributed by atoms with E-state index in [0.29, 0.717) is 27.5 Å². The zero-order valence-electron chi connectivity index (χ0n) is 16.1. The highest BCUT2D eigenvalue weighted by molar-refractivity contribution is 8.01. The highest BCUT2D eigenvalue weighted by atomic mass is 35.5. The number of amides is 1. The van der Waals surface area contributed by atoms with Crippen LogP contribution in [0.15, 0.2) is 22.5 Å². The van der Waals surface area contributed by atoms with Gasteiger partial charge in [-0.1, -0.05) is 54.6 Å². The van der Waals surface area contributed by atoms with Crippen LogP contribution in [0.25, 0.3) is 0 Å². The average Bonchev–Trinajstić information content (AvgIpc) is 2.99. The highest BCUT2D eigenvalue weighted by Gasteiger charge is 2.20. The number of aryl methyl sites for hydroxylation is 1. The number of benzene rings is 1. The average molecular weight is 463 g/mol. The first-order valence-electron chi connectivity index (χ1n) is 8.60. The number of carbonyl (C=O) groups is 1. The Morgan fingerprint density at radius 1 is 1.36 bits per heavy atom. The Hall–Kier alpha value is -1.36. The summed E-state index contributed by atoms with van der Waals surface area (Å²) in [6.45, 7) is 6.11. The van der Waals surface area contributed by atoms with Crippen LogP contribution >= 0.6 is 34.7 Å². The third-order valence-corrected chi connectivity index (χ3v) is 6.94. The molecule has 1 aromatic carbocycles. The quantitative estimate of drug-likeness (QED) is 0.443. The van der Waals surface area contributed by atoms with Crippen molar-refractivity contribution < 1.29 is 13.2 Å². The second-order valence-corrected chi connectivity index (χ2v) is 11.6. The van der Waals surface area contributed by atoms with Gasteiger partial charge in [0.25, 0.3) is 0 Å². The smallest absolute Gasteiger partial charge is 0.232 e. The molecule has 154 valence electrons. The van der Waals surface area contributed by atoms with Crippen LogP contribution in [-0.2, 0) is 14.8 Å². The van der Waals surface area contributed by atoms with Crippen LogP contribution < -0.4 is 9.62 Å². The number of nitrogens with one attached hydrogen (secondary N) is 1. The predicted octanol–water partition coefficient (Wildman–Crippen LogP) is 4.19. The van der Waals surface area contributed by atoms with E-state index in [9.17, 15) is 13.2 Å². The van der Waals surface area contributed by atoms with E-state index in [4.69, 9.17) is 11.6 Å². The number of rotatable bonds is 9. The Kier molecular flexibility index (Phi) is 8.11. The van der Waals surface area contributed by atoms with Crippen LogP contribution in [0.2, 0.25) is 5.02 Å². The second kappa shape index (κ2) is 9.91. The summed E-state index contributed by atoms with van der Waals surface area (Å²) >= 11 is 8.92. The Balaban J connectivity index is 1.96. The lowest BCUT2D eigenvalue weighted by Crippen LogP contribution is -2.32. The van der Waals surface area contributed by atoms with Crippen molar-refractivity contribution in [3.8, 4) is 0 Å². The number of carbonyl (C=O) groups excluding carboxylic acids is 1. The van der Waals surface area contributed by atoms with E-state index in [2.05, 4.69) is 29.4 Å². The van der Waals surface area contributed by atoms with Crippen molar-refractivity contribution >= 4 is 61.4 Å². The zero-order chi connectivity index (χ0) is 20.9. The molecule has 0 aliphatic rings. The molecule has 1 aromatic heterocycles. The first kappa shape index (κ1) is 22.9. The molecule has 0 saturated heterocycles. The van der Waals surface area contributed by atoms with Crippen LogP contribution in [0.1, 0.15) is 32.3 Å². The molecule has 2 rings (SSSR count). The maximum Gasteiger partial charge on any atom is 0.232 e. The predicted molar refractivity (Wildman–Crippen MR) is 117 cm³/mol. The summed E-state index contributed by atoms with van der Waals surface area (Å²) in [5.41, 5.74) is 1.32. The molecule has 2 aromatic rings. The van der Waals surface area contributed by atoms with Crippen molar-refractivity contribution in [1.29, 1.82) is 0 Å². The van der Waals surface area contributed by atoms with Gasteiger partial charge in [0.05, 0.1) is 11.9 Å². The molecule has 0 aliphatic carbocycles. The number of aromatic nitrogens is 2. The normalized spacial score (nSPS) is 11.6. The number of thioether (sulfide) groups is 1. The third-order valence-electron chi connectivity index (χ3n) is 3.59. The lowest BCUT2D eigenvalue weighted by Gasteiger charge is -2.24. The minimum Gasteiger partial charge on any atom is -0.301 e. The summed E-state index contributed by atoms with van der Waals surface area (Å²) in [7, 11) is -3.50. The summed E-state index contributed by atoms with van der Waals surface area (Å²) in [6.07, 6.45) is 1.66. The molecule has 0 spiro atoms. The molecule has 28 heavy (non-hydrogen) atoms. The molecule has 1 amide bonds. The van der Waals surface area contributed by atoms with E-state index in [1.165, 1.54) is 15.6 Å². The molecule has 7 nitrogen and oxygen atoms in total. The Bertz CT molecular complexity index is 931.